The van der Waals surface area contributed by atoms with E-state index in [1.54, 1.807) is 6.07 Å². The molecule has 1 amide bonds. The van der Waals surface area contributed by atoms with Crippen LogP contribution in [0.15, 0.2) is 24.3 Å². The predicted molar refractivity (Wildman–Crippen MR) is 75.6 cm³/mol. The molecule has 0 saturated carbocycles. The number of hydrogen-bond donors (Lipinski definition) is 1. The van der Waals surface area contributed by atoms with Gasteiger partial charge in [-0.1, -0.05) is 25.1 Å². The molecule has 2 heterocycles. The summed E-state index contributed by atoms with van der Waals surface area (Å²) in [5, 5.41) is 3.23. The van der Waals surface area contributed by atoms with E-state index < -0.39 is 0 Å². The van der Waals surface area contributed by atoms with E-state index in [2.05, 4.69) is 12.2 Å². The van der Waals surface area contributed by atoms with Crippen molar-refractivity contribution in [3.05, 3.63) is 35.6 Å². The van der Waals surface area contributed by atoms with Crippen molar-refractivity contribution in [1.29, 1.82) is 0 Å². The number of likely N-dealkylation sites (tertiary alicyclic amines) is 1. The topological polar surface area (TPSA) is 32.3 Å². The molecular weight excluding hydrogens is 255 g/mol. The second-order valence-corrected chi connectivity index (χ2v) is 6.06. The Morgan fingerprint density at radius 1 is 1.40 bits per heavy atom. The van der Waals surface area contributed by atoms with E-state index in [9.17, 15) is 9.18 Å². The van der Waals surface area contributed by atoms with Crippen LogP contribution in [-0.4, -0.2) is 30.4 Å². The van der Waals surface area contributed by atoms with Gasteiger partial charge in [-0.2, -0.15) is 0 Å². The van der Waals surface area contributed by atoms with Gasteiger partial charge >= 0.3 is 0 Å². The Morgan fingerprint density at radius 3 is 2.90 bits per heavy atom. The highest BCUT2D eigenvalue weighted by molar-refractivity contribution is 5.80. The van der Waals surface area contributed by atoms with Crippen molar-refractivity contribution in [2.75, 3.05) is 19.6 Å². The Balaban J connectivity index is 1.85. The molecule has 3 atom stereocenters. The number of nitrogens with zero attached hydrogens (tertiary/aromatic N) is 1. The van der Waals surface area contributed by atoms with E-state index in [1.165, 1.54) is 6.07 Å². The van der Waals surface area contributed by atoms with Gasteiger partial charge in [0.15, 0.2) is 0 Å². The van der Waals surface area contributed by atoms with Gasteiger partial charge in [-0.3, -0.25) is 4.79 Å². The summed E-state index contributed by atoms with van der Waals surface area (Å²) >= 11 is 0. The highest BCUT2D eigenvalue weighted by Crippen LogP contribution is 2.37. The average Bonchev–Trinajstić information content (AvgIpc) is 3.08. The quantitative estimate of drug-likeness (QED) is 0.899. The normalized spacial score (nSPS) is 29.9. The molecule has 3 nitrogen and oxygen atoms in total. The minimum Gasteiger partial charge on any atom is -0.335 e. The fourth-order valence-electron chi connectivity index (χ4n) is 3.43. The maximum atomic E-state index is 14.0. The van der Waals surface area contributed by atoms with Crippen molar-refractivity contribution in [2.24, 2.45) is 11.8 Å². The van der Waals surface area contributed by atoms with Gasteiger partial charge in [0.2, 0.25) is 5.91 Å². The summed E-state index contributed by atoms with van der Waals surface area (Å²) < 4.78 is 14.0. The van der Waals surface area contributed by atoms with E-state index in [-0.39, 0.29) is 23.7 Å². The predicted octanol–water partition coefficient (Wildman–Crippen LogP) is 2.34. The van der Waals surface area contributed by atoms with Gasteiger partial charge in [0, 0.05) is 18.7 Å². The molecule has 1 aromatic carbocycles. The number of carbonyl (C=O) groups is 1. The third kappa shape index (κ3) is 2.44. The Bertz CT molecular complexity index is 499. The lowest BCUT2D eigenvalue weighted by Gasteiger charge is -2.27. The molecule has 0 unspecified atom stereocenters. The number of nitrogens with one attached hydrogen (secondary N) is 1. The maximum Gasteiger partial charge on any atom is 0.227 e. The second kappa shape index (κ2) is 5.52. The zero-order chi connectivity index (χ0) is 14.1. The van der Waals surface area contributed by atoms with Gasteiger partial charge in [-0.15, -0.1) is 0 Å². The summed E-state index contributed by atoms with van der Waals surface area (Å²) in [4.78, 5) is 14.6. The first-order chi connectivity index (χ1) is 9.66. The summed E-state index contributed by atoms with van der Waals surface area (Å²) in [7, 11) is 0. The Labute approximate surface area is 119 Å². The minimum absolute atomic E-state index is 0.0644. The van der Waals surface area contributed by atoms with Crippen LogP contribution in [0.2, 0.25) is 0 Å². The molecule has 2 saturated heterocycles. The van der Waals surface area contributed by atoms with E-state index in [0.29, 0.717) is 11.5 Å². The average molecular weight is 276 g/mol. The third-order valence-corrected chi connectivity index (χ3v) is 4.47. The Kier molecular flexibility index (Phi) is 3.74. The number of halogens is 1. The molecule has 1 aromatic rings. The highest BCUT2D eigenvalue weighted by atomic mass is 19.1. The molecule has 0 bridgehead atoms. The smallest absolute Gasteiger partial charge is 0.227 e. The largest absolute Gasteiger partial charge is 0.335 e. The van der Waals surface area contributed by atoms with Crippen LogP contribution in [0.1, 0.15) is 31.4 Å². The van der Waals surface area contributed by atoms with E-state index in [0.717, 1.165) is 32.5 Å². The zero-order valence-electron chi connectivity index (χ0n) is 11.8. The number of carbonyl (C=O) groups excluding carboxylic acids is 1. The molecule has 0 radical (unpaired) electrons. The van der Waals surface area contributed by atoms with Crippen LogP contribution < -0.4 is 5.32 Å². The van der Waals surface area contributed by atoms with E-state index in [1.807, 2.05) is 17.0 Å². The summed E-state index contributed by atoms with van der Waals surface area (Å²) in [6.07, 6.45) is 1.75. The molecule has 2 fully saturated rings. The zero-order valence-corrected chi connectivity index (χ0v) is 11.8. The SMILES string of the molecule is C[C@@H]1C[C@H](c2ccccc2F)N(C(=O)[C@H]2CCNC2)C1. The van der Waals surface area contributed by atoms with Crippen molar-refractivity contribution in [1.82, 2.24) is 10.2 Å². The fraction of sp³-hybridized carbons (Fsp3) is 0.562. The van der Waals surface area contributed by atoms with Gasteiger partial charge in [0.05, 0.1) is 12.0 Å². The van der Waals surface area contributed by atoms with E-state index in [4.69, 9.17) is 0 Å². The molecule has 0 aromatic heterocycles. The van der Waals surface area contributed by atoms with Crippen LogP contribution in [0, 0.1) is 17.7 Å². The number of rotatable bonds is 2. The van der Waals surface area contributed by atoms with Crippen LogP contribution in [-0.2, 0) is 4.79 Å². The van der Waals surface area contributed by atoms with Crippen molar-refractivity contribution < 1.29 is 9.18 Å². The van der Waals surface area contributed by atoms with Crippen molar-refractivity contribution >= 4 is 5.91 Å². The molecule has 0 aliphatic carbocycles. The van der Waals surface area contributed by atoms with Crippen molar-refractivity contribution in [3.63, 3.8) is 0 Å². The molecular formula is C16H21FN2O. The summed E-state index contributed by atoms with van der Waals surface area (Å²) in [6.45, 7) is 4.54. The van der Waals surface area contributed by atoms with E-state index >= 15 is 0 Å². The molecule has 20 heavy (non-hydrogen) atoms. The molecule has 3 rings (SSSR count). The highest BCUT2D eigenvalue weighted by Gasteiger charge is 2.38. The van der Waals surface area contributed by atoms with Crippen LogP contribution in [0.3, 0.4) is 0 Å². The standard InChI is InChI=1S/C16H21FN2O/c1-11-8-15(13-4-2-3-5-14(13)17)19(10-11)16(20)12-6-7-18-9-12/h2-5,11-12,15,18H,6-10H2,1H3/t11-,12+,15-/m1/s1. The Hall–Kier alpha value is -1.42. The van der Waals surface area contributed by atoms with Crippen LogP contribution in [0.4, 0.5) is 4.39 Å². The second-order valence-electron chi connectivity index (χ2n) is 6.06. The maximum absolute atomic E-state index is 14.0. The lowest BCUT2D eigenvalue weighted by Crippen LogP contribution is -2.37. The molecule has 4 heteroatoms. The first-order valence-corrected chi connectivity index (χ1v) is 7.42. The Morgan fingerprint density at radius 2 is 2.20 bits per heavy atom. The summed E-state index contributed by atoms with van der Waals surface area (Å²) in [5.41, 5.74) is 0.663. The number of amides is 1. The van der Waals surface area contributed by atoms with Gasteiger partial charge in [-0.05, 0) is 31.4 Å². The minimum atomic E-state index is -0.200. The molecule has 2 aliphatic rings. The van der Waals surface area contributed by atoms with Crippen LogP contribution in [0.5, 0.6) is 0 Å². The molecule has 108 valence electrons. The molecule has 0 spiro atoms. The fourth-order valence-corrected chi connectivity index (χ4v) is 3.43. The summed E-state index contributed by atoms with van der Waals surface area (Å²) in [5.74, 6) is 0.481. The van der Waals surface area contributed by atoms with Crippen LogP contribution >= 0.6 is 0 Å². The molecule has 1 N–H and O–H groups in total. The van der Waals surface area contributed by atoms with Crippen molar-refractivity contribution in [2.45, 2.75) is 25.8 Å². The first-order valence-electron chi connectivity index (χ1n) is 7.42. The van der Waals surface area contributed by atoms with Crippen LogP contribution in [0.25, 0.3) is 0 Å². The van der Waals surface area contributed by atoms with Gasteiger partial charge in [0.25, 0.3) is 0 Å². The van der Waals surface area contributed by atoms with Gasteiger partial charge < -0.3 is 10.2 Å². The first kappa shape index (κ1) is 13.6. The molecule has 2 aliphatic heterocycles. The lowest BCUT2D eigenvalue weighted by atomic mass is 9.99. The number of hydrogen-bond acceptors (Lipinski definition) is 2. The summed E-state index contributed by atoms with van der Waals surface area (Å²) in [6, 6.07) is 6.74. The number of benzene rings is 1. The van der Waals surface area contributed by atoms with Gasteiger partial charge in [0.1, 0.15) is 5.82 Å². The third-order valence-electron chi connectivity index (χ3n) is 4.47. The monoisotopic (exact) mass is 276 g/mol. The van der Waals surface area contributed by atoms with Gasteiger partial charge in [-0.25, -0.2) is 4.39 Å². The lowest BCUT2D eigenvalue weighted by molar-refractivity contribution is -0.136. The van der Waals surface area contributed by atoms with Crippen molar-refractivity contribution in [3.8, 4) is 0 Å².